The van der Waals surface area contributed by atoms with Gasteiger partial charge in [-0.15, -0.1) is 0 Å². The molecule has 10 nitrogen and oxygen atoms in total. The second-order valence-electron chi connectivity index (χ2n) is 14.6. The second-order valence-corrected chi connectivity index (χ2v) is 16.6. The van der Waals surface area contributed by atoms with Crippen LogP contribution in [0.5, 0.6) is 11.5 Å². The smallest absolute Gasteiger partial charge is 0.206 e. The van der Waals surface area contributed by atoms with Gasteiger partial charge < -0.3 is 19.7 Å². The van der Waals surface area contributed by atoms with Gasteiger partial charge in [-0.25, -0.2) is 8.42 Å². The molecular weight excluding hydrogens is 641 g/mol. The predicted octanol–water partition coefficient (Wildman–Crippen LogP) is 3.90. The fourth-order valence-corrected chi connectivity index (χ4v) is 9.43. The van der Waals surface area contributed by atoms with Gasteiger partial charge in [-0.2, -0.15) is 0 Å². The normalized spacial score (nSPS) is 22.9. The zero-order valence-electron chi connectivity index (χ0n) is 29.2. The number of nitrogens with zero attached hydrogens (tertiary/aromatic N) is 4. The summed E-state index contributed by atoms with van der Waals surface area (Å²) < 4.78 is 38.2. The summed E-state index contributed by atoms with van der Waals surface area (Å²) in [5.74, 6) is 1.04. The summed E-state index contributed by atoms with van der Waals surface area (Å²) in [6.07, 6.45) is 12.2. The van der Waals surface area contributed by atoms with Gasteiger partial charge in [0.05, 0.1) is 9.79 Å². The van der Waals surface area contributed by atoms with Crippen LogP contribution in [-0.4, -0.2) is 141 Å². The van der Waals surface area contributed by atoms with E-state index in [0.717, 1.165) is 64.4 Å². The molecule has 0 aromatic heterocycles. The van der Waals surface area contributed by atoms with E-state index < -0.39 is 22.0 Å². The molecule has 4 aliphatic rings. The number of hydrogen-bond donors (Lipinski definition) is 2. The number of rotatable bonds is 14. The quantitative estimate of drug-likeness (QED) is 0.302. The number of benzene rings is 2. The summed E-state index contributed by atoms with van der Waals surface area (Å²) >= 11 is 0. The molecule has 272 valence electrons. The average Bonchev–Trinajstić information content (AvgIpc) is 3.15. The maximum absolute atomic E-state index is 13.3. The third-order valence-corrected chi connectivity index (χ3v) is 12.9. The Labute approximate surface area is 293 Å². The van der Waals surface area contributed by atoms with Gasteiger partial charge in [-0.1, -0.05) is 38.5 Å². The fraction of sp³-hybridized carbons (Fsp3) is 0.684. The Balaban J connectivity index is 0.891. The zero-order valence-corrected chi connectivity index (χ0v) is 30.0. The maximum Gasteiger partial charge on any atom is 0.206 e. The van der Waals surface area contributed by atoms with Crippen molar-refractivity contribution in [3.05, 3.63) is 48.5 Å². The predicted molar refractivity (Wildman–Crippen MR) is 191 cm³/mol. The van der Waals surface area contributed by atoms with Crippen LogP contribution in [0.2, 0.25) is 0 Å². The van der Waals surface area contributed by atoms with Crippen LogP contribution < -0.4 is 9.47 Å². The molecule has 2 aromatic carbocycles. The van der Waals surface area contributed by atoms with Crippen molar-refractivity contribution in [2.75, 3.05) is 78.7 Å². The van der Waals surface area contributed by atoms with Crippen LogP contribution in [0.15, 0.2) is 58.3 Å². The summed E-state index contributed by atoms with van der Waals surface area (Å²) in [6.45, 7) is 9.56. The van der Waals surface area contributed by atoms with E-state index in [1.54, 1.807) is 24.3 Å². The lowest BCUT2D eigenvalue weighted by molar-refractivity contribution is 0.0311. The van der Waals surface area contributed by atoms with Gasteiger partial charge in [-0.05, 0) is 74.2 Å². The number of sulfone groups is 1. The monoisotopic (exact) mass is 698 g/mol. The molecule has 49 heavy (non-hydrogen) atoms. The lowest BCUT2D eigenvalue weighted by atomic mass is 9.94. The van der Waals surface area contributed by atoms with Gasteiger partial charge in [0.2, 0.25) is 9.84 Å². The molecule has 2 aliphatic carbocycles. The van der Waals surface area contributed by atoms with E-state index in [4.69, 9.17) is 9.47 Å². The van der Waals surface area contributed by atoms with Crippen molar-refractivity contribution in [3.63, 3.8) is 0 Å². The van der Waals surface area contributed by atoms with Crippen molar-refractivity contribution in [1.29, 1.82) is 0 Å². The van der Waals surface area contributed by atoms with E-state index in [-0.39, 0.29) is 23.0 Å². The second kappa shape index (κ2) is 17.8. The van der Waals surface area contributed by atoms with Crippen LogP contribution in [0, 0.1) is 0 Å². The zero-order chi connectivity index (χ0) is 34.1. The highest BCUT2D eigenvalue weighted by Gasteiger charge is 2.27. The molecule has 2 aliphatic heterocycles. The molecule has 11 heteroatoms. The number of aliphatic hydroxyl groups excluding tert-OH is 2. The first-order chi connectivity index (χ1) is 23.8. The van der Waals surface area contributed by atoms with Crippen molar-refractivity contribution in [2.24, 2.45) is 0 Å². The minimum absolute atomic E-state index is 0.155. The van der Waals surface area contributed by atoms with Crippen LogP contribution in [0.4, 0.5) is 0 Å². The molecule has 2 atom stereocenters. The largest absolute Gasteiger partial charge is 0.491 e. The van der Waals surface area contributed by atoms with E-state index in [9.17, 15) is 18.6 Å². The van der Waals surface area contributed by atoms with Crippen molar-refractivity contribution in [2.45, 2.75) is 98.3 Å². The molecule has 4 fully saturated rings. The summed E-state index contributed by atoms with van der Waals surface area (Å²) in [5, 5.41) is 21.2. The highest BCUT2D eigenvalue weighted by molar-refractivity contribution is 7.91. The number of piperazine rings is 2. The molecule has 2 heterocycles. The van der Waals surface area contributed by atoms with E-state index in [1.807, 2.05) is 0 Å². The Morgan fingerprint density at radius 1 is 0.551 bits per heavy atom. The first-order valence-corrected chi connectivity index (χ1v) is 20.3. The molecule has 6 rings (SSSR count). The van der Waals surface area contributed by atoms with Gasteiger partial charge in [0.25, 0.3) is 0 Å². The van der Waals surface area contributed by atoms with Crippen LogP contribution in [0.3, 0.4) is 0 Å². The van der Waals surface area contributed by atoms with Crippen LogP contribution >= 0.6 is 0 Å². The molecular formula is C38H58N4O6S. The van der Waals surface area contributed by atoms with Crippen molar-refractivity contribution in [1.82, 2.24) is 19.6 Å². The van der Waals surface area contributed by atoms with Crippen LogP contribution in [-0.2, 0) is 9.84 Å². The van der Waals surface area contributed by atoms with Gasteiger partial charge in [0, 0.05) is 77.5 Å². The summed E-state index contributed by atoms with van der Waals surface area (Å²) in [5.41, 5.74) is 0. The topological polar surface area (TPSA) is 106 Å². The van der Waals surface area contributed by atoms with Crippen LogP contribution in [0.25, 0.3) is 0 Å². The average molecular weight is 699 g/mol. The Bertz CT molecular complexity index is 1270. The molecule has 2 N–H and O–H groups in total. The highest BCUT2D eigenvalue weighted by atomic mass is 32.2. The minimum Gasteiger partial charge on any atom is -0.491 e. The first kappa shape index (κ1) is 36.5. The lowest BCUT2D eigenvalue weighted by Crippen LogP contribution is -2.52. The van der Waals surface area contributed by atoms with Crippen LogP contribution in [0.1, 0.15) is 64.2 Å². The van der Waals surface area contributed by atoms with Gasteiger partial charge >= 0.3 is 0 Å². The standard InChI is InChI=1S/C38H58N4O6S/c43-33(27-39-19-23-41(24-20-39)31-7-3-1-4-8-31)29-47-35-11-15-37(16-12-35)49(45,46)38-17-13-36(14-18-38)48-30-34(44)28-40-21-25-42(26-22-40)32-9-5-2-6-10-32/h11-18,31-34,43-44H,1-10,19-30H2/t33-,34+. The fourth-order valence-electron chi connectivity index (χ4n) is 8.17. The summed E-state index contributed by atoms with van der Waals surface area (Å²) in [6, 6.07) is 14.2. The third-order valence-electron chi connectivity index (χ3n) is 11.1. The van der Waals surface area contributed by atoms with Gasteiger partial charge in [0.1, 0.15) is 36.9 Å². The Morgan fingerprint density at radius 3 is 1.24 bits per heavy atom. The van der Waals surface area contributed by atoms with E-state index in [2.05, 4.69) is 19.6 Å². The Morgan fingerprint density at radius 2 is 0.898 bits per heavy atom. The molecule has 2 saturated carbocycles. The highest BCUT2D eigenvalue weighted by Crippen LogP contribution is 2.27. The molecule has 0 bridgehead atoms. The SMILES string of the molecule is O=S(=O)(c1ccc(OC[C@@H](O)CN2CCN(C3CCCCC3)CC2)cc1)c1ccc(OC[C@H](O)CN2CCN(C3CCCCC3)CC2)cc1. The van der Waals surface area contributed by atoms with Crippen molar-refractivity contribution >= 4 is 9.84 Å². The molecule has 2 aromatic rings. The minimum atomic E-state index is -3.73. The maximum atomic E-state index is 13.3. The van der Waals surface area contributed by atoms with Gasteiger partial charge in [0.15, 0.2) is 0 Å². The number of ether oxygens (including phenoxy) is 2. The number of hydrogen-bond acceptors (Lipinski definition) is 10. The molecule has 2 saturated heterocycles. The molecule has 0 spiro atoms. The molecule has 0 amide bonds. The van der Waals surface area contributed by atoms with Crippen molar-refractivity contribution in [3.8, 4) is 11.5 Å². The third kappa shape index (κ3) is 10.4. The molecule has 0 radical (unpaired) electrons. The van der Waals surface area contributed by atoms with E-state index in [0.29, 0.717) is 24.6 Å². The lowest BCUT2D eigenvalue weighted by Gasteiger charge is -2.41. The van der Waals surface area contributed by atoms with E-state index in [1.165, 1.54) is 88.5 Å². The Kier molecular flexibility index (Phi) is 13.3. The molecule has 0 unspecified atom stereocenters. The Hall–Kier alpha value is -2.25. The van der Waals surface area contributed by atoms with E-state index >= 15 is 0 Å². The number of aliphatic hydroxyl groups is 2. The summed E-state index contributed by atoms with van der Waals surface area (Å²) in [4.78, 5) is 10.2. The van der Waals surface area contributed by atoms with Gasteiger partial charge in [-0.3, -0.25) is 19.6 Å². The summed E-state index contributed by atoms with van der Waals surface area (Å²) in [7, 11) is -3.73. The number of β-amino-alcohol motifs (C(OH)–C–C–N with tert-alkyl or cyclic N) is 2. The van der Waals surface area contributed by atoms with Crippen molar-refractivity contribution < 1.29 is 28.1 Å². The first-order valence-electron chi connectivity index (χ1n) is 18.8.